The van der Waals surface area contributed by atoms with Crippen molar-refractivity contribution < 1.29 is 33.3 Å². The largest absolute Gasteiger partial charge is 0.497 e. The lowest BCUT2D eigenvalue weighted by atomic mass is 10.2. The zero-order chi connectivity index (χ0) is 29.5. The molecule has 3 aromatic rings. The van der Waals surface area contributed by atoms with Crippen LogP contribution < -0.4 is 35.0 Å². The lowest BCUT2D eigenvalue weighted by Gasteiger charge is -2.13. The summed E-state index contributed by atoms with van der Waals surface area (Å²) in [7, 11) is 1.55. The van der Waals surface area contributed by atoms with Gasteiger partial charge in [-0.2, -0.15) is 5.10 Å². The maximum Gasteiger partial charge on any atom is 0.329 e. The number of ether oxygens (including phenoxy) is 4. The maximum atomic E-state index is 12.3. The number of carbonyl (C=O) groups is 3. The van der Waals surface area contributed by atoms with Crippen LogP contribution in [0.5, 0.6) is 23.0 Å². The number of unbranched alkanes of at least 4 members (excludes halogenated alkanes) is 1. The normalized spacial score (nSPS) is 10.5. The molecular formula is C30H34N4O7. The highest BCUT2D eigenvalue weighted by Gasteiger charge is 2.13. The highest BCUT2D eigenvalue weighted by molar-refractivity contribution is 6.39. The fourth-order valence-corrected chi connectivity index (χ4v) is 3.41. The Kier molecular flexibility index (Phi) is 12.0. The van der Waals surface area contributed by atoms with Crippen molar-refractivity contribution in [2.24, 2.45) is 5.10 Å². The maximum absolute atomic E-state index is 12.3. The van der Waals surface area contributed by atoms with Crippen molar-refractivity contribution in [3.05, 3.63) is 72.3 Å². The van der Waals surface area contributed by atoms with Crippen LogP contribution in [0.15, 0.2) is 71.8 Å². The van der Waals surface area contributed by atoms with Crippen LogP contribution in [0.2, 0.25) is 0 Å². The molecule has 3 N–H and O–H groups in total. The van der Waals surface area contributed by atoms with Crippen LogP contribution in [-0.4, -0.2) is 50.9 Å². The Labute approximate surface area is 238 Å². The molecule has 0 aliphatic rings. The number of rotatable bonds is 14. The van der Waals surface area contributed by atoms with E-state index in [0.717, 1.165) is 12.8 Å². The number of hydrazone groups is 1. The minimum atomic E-state index is -0.934. The number of nitrogens with zero attached hydrogens (tertiary/aromatic N) is 1. The number of anilines is 2. The standard InChI is InChI=1S/C30H34N4O7/c1-4-6-16-40-24-13-11-22(12-14-24)33-29(36)30(37)34-31-19-21-10-15-26(27(17-21)39-5-2)41-20-28(35)32-23-8-7-9-25(18-23)38-3/h7-15,17-19H,4-6,16,20H2,1-3H3,(H,32,35)(H,33,36)(H,34,37)/b31-19-. The summed E-state index contributed by atoms with van der Waals surface area (Å²) in [5.74, 6) is -0.112. The first-order chi connectivity index (χ1) is 19.9. The Morgan fingerprint density at radius 3 is 2.34 bits per heavy atom. The molecule has 3 amide bonds. The van der Waals surface area contributed by atoms with E-state index in [9.17, 15) is 14.4 Å². The second-order valence-electron chi connectivity index (χ2n) is 8.59. The predicted molar refractivity (Wildman–Crippen MR) is 156 cm³/mol. The summed E-state index contributed by atoms with van der Waals surface area (Å²) in [4.78, 5) is 36.7. The number of hydrogen-bond donors (Lipinski definition) is 3. The summed E-state index contributed by atoms with van der Waals surface area (Å²) >= 11 is 0. The molecule has 0 atom stereocenters. The van der Waals surface area contributed by atoms with Crippen molar-refractivity contribution in [3.63, 3.8) is 0 Å². The molecule has 0 saturated heterocycles. The van der Waals surface area contributed by atoms with E-state index in [1.54, 1.807) is 73.8 Å². The Bertz CT molecular complexity index is 1340. The van der Waals surface area contributed by atoms with Gasteiger partial charge in [0.25, 0.3) is 5.91 Å². The van der Waals surface area contributed by atoms with Gasteiger partial charge in [-0.05, 0) is 73.5 Å². The Morgan fingerprint density at radius 1 is 0.805 bits per heavy atom. The summed E-state index contributed by atoms with van der Waals surface area (Å²) in [5.41, 5.74) is 3.79. The molecule has 0 aliphatic heterocycles. The quantitative estimate of drug-likeness (QED) is 0.115. The van der Waals surface area contributed by atoms with E-state index in [4.69, 9.17) is 18.9 Å². The van der Waals surface area contributed by atoms with E-state index in [-0.39, 0.29) is 12.5 Å². The van der Waals surface area contributed by atoms with Crippen LogP contribution in [0, 0.1) is 0 Å². The second kappa shape index (κ2) is 16.1. The number of hydrogen-bond acceptors (Lipinski definition) is 8. The molecule has 0 aliphatic carbocycles. The molecule has 0 heterocycles. The minimum Gasteiger partial charge on any atom is -0.497 e. The molecule has 0 unspecified atom stereocenters. The van der Waals surface area contributed by atoms with Gasteiger partial charge in [0.1, 0.15) is 11.5 Å². The van der Waals surface area contributed by atoms with Crippen LogP contribution in [0.3, 0.4) is 0 Å². The van der Waals surface area contributed by atoms with Gasteiger partial charge < -0.3 is 29.6 Å². The summed E-state index contributed by atoms with van der Waals surface area (Å²) in [5, 5.41) is 9.10. The molecule has 0 saturated carbocycles. The van der Waals surface area contributed by atoms with Crippen molar-refractivity contribution >= 4 is 35.3 Å². The van der Waals surface area contributed by atoms with Gasteiger partial charge in [-0.25, -0.2) is 5.43 Å². The van der Waals surface area contributed by atoms with Gasteiger partial charge in [0.05, 0.1) is 26.5 Å². The van der Waals surface area contributed by atoms with E-state index in [1.807, 2.05) is 6.92 Å². The topological polar surface area (TPSA) is 137 Å². The van der Waals surface area contributed by atoms with Gasteiger partial charge in [0.2, 0.25) is 0 Å². The highest BCUT2D eigenvalue weighted by Crippen LogP contribution is 2.28. The third kappa shape index (κ3) is 10.2. The number of benzene rings is 3. The zero-order valence-electron chi connectivity index (χ0n) is 23.3. The van der Waals surface area contributed by atoms with Crippen molar-refractivity contribution in [3.8, 4) is 23.0 Å². The molecule has 3 aromatic carbocycles. The summed E-state index contributed by atoms with van der Waals surface area (Å²) < 4.78 is 22.0. The van der Waals surface area contributed by atoms with Gasteiger partial charge in [-0.1, -0.05) is 19.4 Å². The van der Waals surface area contributed by atoms with Crippen molar-refractivity contribution in [1.29, 1.82) is 0 Å². The van der Waals surface area contributed by atoms with Crippen molar-refractivity contribution in [2.45, 2.75) is 26.7 Å². The molecule has 0 aromatic heterocycles. The number of amides is 3. The average molecular weight is 563 g/mol. The van der Waals surface area contributed by atoms with E-state index >= 15 is 0 Å². The molecule has 3 rings (SSSR count). The van der Waals surface area contributed by atoms with Crippen molar-refractivity contribution in [2.75, 3.05) is 37.6 Å². The SMILES string of the molecule is CCCCOc1ccc(NC(=O)C(=O)N/N=C\c2ccc(OCC(=O)Nc3cccc(OC)c3)c(OCC)c2)cc1. The first-order valence-electron chi connectivity index (χ1n) is 13.1. The van der Waals surface area contributed by atoms with Crippen LogP contribution in [0.1, 0.15) is 32.3 Å². The first kappa shape index (κ1) is 30.5. The van der Waals surface area contributed by atoms with E-state index in [0.29, 0.717) is 53.2 Å². The monoisotopic (exact) mass is 562 g/mol. The lowest BCUT2D eigenvalue weighted by Crippen LogP contribution is -2.32. The van der Waals surface area contributed by atoms with Crippen molar-refractivity contribution in [1.82, 2.24) is 5.43 Å². The molecule has 0 spiro atoms. The van der Waals surface area contributed by atoms with Gasteiger partial charge in [0, 0.05) is 17.4 Å². The Morgan fingerprint density at radius 2 is 1.61 bits per heavy atom. The molecule has 0 radical (unpaired) electrons. The third-order valence-electron chi connectivity index (χ3n) is 5.44. The number of methoxy groups -OCH3 is 1. The summed E-state index contributed by atoms with van der Waals surface area (Å²) in [6.45, 7) is 4.62. The predicted octanol–water partition coefficient (Wildman–Crippen LogP) is 4.38. The van der Waals surface area contributed by atoms with Crippen LogP contribution in [-0.2, 0) is 14.4 Å². The number of nitrogens with one attached hydrogen (secondary N) is 3. The first-order valence-corrected chi connectivity index (χ1v) is 13.1. The van der Waals surface area contributed by atoms with Gasteiger partial charge in [0.15, 0.2) is 18.1 Å². The highest BCUT2D eigenvalue weighted by atomic mass is 16.5. The molecule has 0 fully saturated rings. The fourth-order valence-electron chi connectivity index (χ4n) is 3.41. The number of carbonyl (C=O) groups excluding carboxylic acids is 3. The van der Waals surface area contributed by atoms with E-state index in [1.165, 1.54) is 6.21 Å². The minimum absolute atomic E-state index is 0.246. The van der Waals surface area contributed by atoms with Crippen LogP contribution in [0.4, 0.5) is 11.4 Å². The molecule has 0 bridgehead atoms. The fraction of sp³-hybridized carbons (Fsp3) is 0.267. The van der Waals surface area contributed by atoms with E-state index in [2.05, 4.69) is 28.1 Å². The molecular weight excluding hydrogens is 528 g/mol. The third-order valence-corrected chi connectivity index (χ3v) is 5.44. The van der Waals surface area contributed by atoms with E-state index < -0.39 is 11.8 Å². The summed E-state index contributed by atoms with van der Waals surface area (Å²) in [6, 6.07) is 18.6. The van der Waals surface area contributed by atoms with Gasteiger partial charge >= 0.3 is 11.8 Å². The van der Waals surface area contributed by atoms with Gasteiger partial charge in [-0.3, -0.25) is 14.4 Å². The molecule has 11 heteroatoms. The average Bonchev–Trinajstić information content (AvgIpc) is 2.98. The lowest BCUT2D eigenvalue weighted by molar-refractivity contribution is -0.136. The Balaban J connectivity index is 1.51. The van der Waals surface area contributed by atoms with Crippen LogP contribution in [0.25, 0.3) is 0 Å². The Hall–Kier alpha value is -5.06. The summed E-state index contributed by atoms with van der Waals surface area (Å²) in [6.07, 6.45) is 3.34. The smallest absolute Gasteiger partial charge is 0.329 e. The second-order valence-corrected chi connectivity index (χ2v) is 8.59. The molecule has 41 heavy (non-hydrogen) atoms. The molecule has 11 nitrogen and oxygen atoms in total. The zero-order valence-corrected chi connectivity index (χ0v) is 23.3. The molecule has 216 valence electrons. The van der Waals surface area contributed by atoms with Gasteiger partial charge in [-0.15, -0.1) is 0 Å². The van der Waals surface area contributed by atoms with Crippen LogP contribution >= 0.6 is 0 Å².